The van der Waals surface area contributed by atoms with Crippen molar-refractivity contribution < 1.29 is 0 Å². The Morgan fingerprint density at radius 2 is 2.15 bits per heavy atom. The molecule has 2 aromatic heterocycles. The fourth-order valence-corrected chi connectivity index (χ4v) is 1.78. The standard InChI is InChI=1S/C10H10N2O/c13-10-4-3-8-9(5-6-11-8)12(10)7-1-2-7/h3-7,11H,1-2H2. The molecule has 1 saturated carbocycles. The van der Waals surface area contributed by atoms with E-state index in [1.54, 1.807) is 6.07 Å². The molecule has 3 nitrogen and oxygen atoms in total. The maximum Gasteiger partial charge on any atom is 0.251 e. The molecular formula is C10H10N2O. The van der Waals surface area contributed by atoms with Crippen LogP contribution in [-0.2, 0) is 0 Å². The number of aromatic nitrogens is 2. The van der Waals surface area contributed by atoms with Crippen molar-refractivity contribution in [2.45, 2.75) is 18.9 Å². The van der Waals surface area contributed by atoms with E-state index in [2.05, 4.69) is 4.98 Å². The fraction of sp³-hybridized carbons (Fsp3) is 0.300. The lowest BCUT2D eigenvalue weighted by Gasteiger charge is -2.03. The van der Waals surface area contributed by atoms with Gasteiger partial charge >= 0.3 is 0 Å². The lowest BCUT2D eigenvalue weighted by Crippen LogP contribution is -2.17. The minimum atomic E-state index is 0.120. The van der Waals surface area contributed by atoms with Gasteiger partial charge in [0.1, 0.15) is 0 Å². The Morgan fingerprint density at radius 3 is 2.92 bits per heavy atom. The Kier molecular flexibility index (Phi) is 1.20. The van der Waals surface area contributed by atoms with Crippen LogP contribution < -0.4 is 5.56 Å². The van der Waals surface area contributed by atoms with Crippen molar-refractivity contribution in [2.75, 3.05) is 0 Å². The molecule has 2 aromatic rings. The van der Waals surface area contributed by atoms with Gasteiger partial charge in [-0.3, -0.25) is 4.79 Å². The first kappa shape index (κ1) is 6.95. The molecule has 0 bridgehead atoms. The van der Waals surface area contributed by atoms with Gasteiger partial charge in [-0.05, 0) is 25.0 Å². The van der Waals surface area contributed by atoms with Gasteiger partial charge in [0.2, 0.25) is 0 Å². The summed E-state index contributed by atoms with van der Waals surface area (Å²) in [6.07, 6.45) is 4.16. The Bertz CT molecular complexity index is 505. The molecule has 1 N–H and O–H groups in total. The molecule has 0 aliphatic heterocycles. The third kappa shape index (κ3) is 0.932. The number of aromatic amines is 1. The van der Waals surface area contributed by atoms with Crippen molar-refractivity contribution >= 4 is 11.0 Å². The Hall–Kier alpha value is -1.51. The second-order valence-corrected chi connectivity index (χ2v) is 3.55. The van der Waals surface area contributed by atoms with Gasteiger partial charge in [-0.1, -0.05) is 0 Å². The Labute approximate surface area is 75.0 Å². The molecule has 3 rings (SSSR count). The van der Waals surface area contributed by atoms with Crippen LogP contribution in [0.5, 0.6) is 0 Å². The molecule has 1 aliphatic carbocycles. The molecule has 0 aromatic carbocycles. The number of hydrogen-bond donors (Lipinski definition) is 1. The van der Waals surface area contributed by atoms with Gasteiger partial charge in [0.25, 0.3) is 5.56 Å². The Balaban J connectivity index is 2.43. The second kappa shape index (κ2) is 2.25. The number of nitrogens with zero attached hydrogens (tertiary/aromatic N) is 1. The summed E-state index contributed by atoms with van der Waals surface area (Å²) < 4.78 is 1.89. The molecule has 2 heterocycles. The van der Waals surface area contributed by atoms with E-state index in [1.807, 2.05) is 22.9 Å². The molecule has 0 saturated heterocycles. The second-order valence-electron chi connectivity index (χ2n) is 3.55. The topological polar surface area (TPSA) is 37.8 Å². The highest BCUT2D eigenvalue weighted by atomic mass is 16.1. The van der Waals surface area contributed by atoms with Crippen LogP contribution in [0.3, 0.4) is 0 Å². The van der Waals surface area contributed by atoms with Gasteiger partial charge in [0.05, 0.1) is 11.0 Å². The summed E-state index contributed by atoms with van der Waals surface area (Å²) in [4.78, 5) is 14.7. The lowest BCUT2D eigenvalue weighted by molar-refractivity contribution is 0.740. The first-order valence-corrected chi connectivity index (χ1v) is 4.55. The van der Waals surface area contributed by atoms with Crippen molar-refractivity contribution in [3.05, 3.63) is 34.7 Å². The van der Waals surface area contributed by atoms with Crippen molar-refractivity contribution in [3.8, 4) is 0 Å². The van der Waals surface area contributed by atoms with Crippen LogP contribution in [0.2, 0.25) is 0 Å². The number of rotatable bonds is 1. The van der Waals surface area contributed by atoms with Gasteiger partial charge < -0.3 is 9.55 Å². The number of hydrogen-bond acceptors (Lipinski definition) is 1. The SMILES string of the molecule is O=c1ccc2[nH]ccc2n1C1CC1. The predicted molar refractivity (Wildman–Crippen MR) is 50.8 cm³/mol. The zero-order valence-electron chi connectivity index (χ0n) is 7.16. The van der Waals surface area contributed by atoms with Crippen LogP contribution in [0.15, 0.2) is 29.2 Å². The minimum absolute atomic E-state index is 0.120. The monoisotopic (exact) mass is 174 g/mol. The average Bonchev–Trinajstić information content (AvgIpc) is 2.82. The summed E-state index contributed by atoms with van der Waals surface area (Å²) in [6, 6.07) is 5.90. The van der Waals surface area contributed by atoms with Crippen LogP contribution in [0.25, 0.3) is 11.0 Å². The van der Waals surface area contributed by atoms with Crippen LogP contribution in [0, 0.1) is 0 Å². The number of H-pyrrole nitrogens is 1. The first-order chi connectivity index (χ1) is 6.36. The number of nitrogens with one attached hydrogen (secondary N) is 1. The van der Waals surface area contributed by atoms with E-state index in [1.165, 1.54) is 0 Å². The van der Waals surface area contributed by atoms with Gasteiger partial charge in [-0.2, -0.15) is 0 Å². The number of pyridine rings is 1. The molecule has 1 aliphatic rings. The number of fused-ring (bicyclic) bond motifs is 1. The highest BCUT2D eigenvalue weighted by Crippen LogP contribution is 2.35. The summed E-state index contributed by atoms with van der Waals surface area (Å²) in [5, 5.41) is 0. The molecule has 0 atom stereocenters. The molecule has 66 valence electrons. The third-order valence-corrected chi connectivity index (χ3v) is 2.56. The first-order valence-electron chi connectivity index (χ1n) is 4.55. The van der Waals surface area contributed by atoms with Crippen molar-refractivity contribution in [1.29, 1.82) is 0 Å². The van der Waals surface area contributed by atoms with Crippen molar-refractivity contribution in [1.82, 2.24) is 9.55 Å². The van der Waals surface area contributed by atoms with Gasteiger partial charge in [-0.15, -0.1) is 0 Å². The quantitative estimate of drug-likeness (QED) is 0.701. The molecule has 0 radical (unpaired) electrons. The fourth-order valence-electron chi connectivity index (χ4n) is 1.78. The highest BCUT2D eigenvalue weighted by Gasteiger charge is 2.25. The van der Waals surface area contributed by atoms with Crippen LogP contribution in [-0.4, -0.2) is 9.55 Å². The molecule has 0 amide bonds. The lowest BCUT2D eigenvalue weighted by atomic mass is 10.3. The van der Waals surface area contributed by atoms with Crippen LogP contribution in [0.1, 0.15) is 18.9 Å². The van der Waals surface area contributed by atoms with Gasteiger partial charge in [0.15, 0.2) is 0 Å². The maximum absolute atomic E-state index is 11.6. The van der Waals surface area contributed by atoms with E-state index in [4.69, 9.17) is 0 Å². The van der Waals surface area contributed by atoms with Gasteiger partial charge in [0, 0.05) is 18.3 Å². The minimum Gasteiger partial charge on any atom is -0.360 e. The summed E-state index contributed by atoms with van der Waals surface area (Å²) in [5.41, 5.74) is 2.20. The maximum atomic E-state index is 11.6. The van der Waals surface area contributed by atoms with Crippen molar-refractivity contribution in [2.24, 2.45) is 0 Å². The molecule has 1 fully saturated rings. The van der Waals surface area contributed by atoms with Crippen LogP contribution in [0.4, 0.5) is 0 Å². The summed E-state index contributed by atoms with van der Waals surface area (Å²) in [7, 11) is 0. The van der Waals surface area contributed by atoms with Crippen molar-refractivity contribution in [3.63, 3.8) is 0 Å². The summed E-state index contributed by atoms with van der Waals surface area (Å²) in [5.74, 6) is 0. The Morgan fingerprint density at radius 1 is 1.31 bits per heavy atom. The molecule has 13 heavy (non-hydrogen) atoms. The molecule has 0 spiro atoms. The zero-order chi connectivity index (χ0) is 8.84. The summed E-state index contributed by atoms with van der Waals surface area (Å²) >= 11 is 0. The van der Waals surface area contributed by atoms with Crippen LogP contribution >= 0.6 is 0 Å². The smallest absolute Gasteiger partial charge is 0.251 e. The zero-order valence-corrected chi connectivity index (χ0v) is 7.16. The third-order valence-electron chi connectivity index (χ3n) is 2.56. The van der Waals surface area contributed by atoms with Gasteiger partial charge in [-0.25, -0.2) is 0 Å². The van der Waals surface area contributed by atoms with E-state index in [9.17, 15) is 4.79 Å². The van der Waals surface area contributed by atoms with E-state index in [0.29, 0.717) is 6.04 Å². The molecule has 0 unspecified atom stereocenters. The highest BCUT2D eigenvalue weighted by molar-refractivity contribution is 5.75. The molecular weight excluding hydrogens is 164 g/mol. The largest absolute Gasteiger partial charge is 0.360 e. The normalized spacial score (nSPS) is 16.6. The molecule has 3 heteroatoms. The van der Waals surface area contributed by atoms with E-state index >= 15 is 0 Å². The van der Waals surface area contributed by atoms with E-state index in [0.717, 1.165) is 23.9 Å². The average molecular weight is 174 g/mol. The van der Waals surface area contributed by atoms with E-state index in [-0.39, 0.29) is 5.56 Å². The van der Waals surface area contributed by atoms with E-state index < -0.39 is 0 Å². The summed E-state index contributed by atoms with van der Waals surface area (Å²) in [6.45, 7) is 0. The predicted octanol–water partition coefficient (Wildman–Crippen LogP) is 1.66.